The van der Waals surface area contributed by atoms with Crippen LogP contribution in [0.1, 0.15) is 36.2 Å². The average molecular weight is 272 g/mol. The van der Waals surface area contributed by atoms with Gasteiger partial charge in [-0.25, -0.2) is 0 Å². The van der Waals surface area contributed by atoms with E-state index >= 15 is 0 Å². The minimum absolute atomic E-state index is 0.275. The van der Waals surface area contributed by atoms with Crippen LogP contribution in [0.3, 0.4) is 0 Å². The van der Waals surface area contributed by atoms with Gasteiger partial charge in [-0.2, -0.15) is 0 Å². The number of pyridine rings is 1. The molecule has 0 spiro atoms. The topological polar surface area (TPSA) is 24.9 Å². The fourth-order valence-corrected chi connectivity index (χ4v) is 2.30. The predicted octanol–water partition coefficient (Wildman–Crippen LogP) is 3.83. The summed E-state index contributed by atoms with van der Waals surface area (Å²) >= 11 is 0. The second-order valence-corrected chi connectivity index (χ2v) is 4.85. The summed E-state index contributed by atoms with van der Waals surface area (Å²) in [5.74, 6) is 0. The van der Waals surface area contributed by atoms with Gasteiger partial charge in [-0.3, -0.25) is 9.37 Å². The average Bonchev–Trinajstić information content (AvgIpc) is 2.50. The molecule has 0 aliphatic heterocycles. The lowest BCUT2D eigenvalue weighted by atomic mass is 10.0. The molecule has 2 rings (SSSR count). The highest BCUT2D eigenvalue weighted by Gasteiger charge is 2.09. The summed E-state index contributed by atoms with van der Waals surface area (Å²) in [6.07, 6.45) is 3.29. The van der Waals surface area contributed by atoms with Crippen molar-refractivity contribution in [3.63, 3.8) is 0 Å². The van der Waals surface area contributed by atoms with Gasteiger partial charge in [-0.1, -0.05) is 37.3 Å². The van der Waals surface area contributed by atoms with Crippen LogP contribution in [0.25, 0.3) is 0 Å². The van der Waals surface area contributed by atoms with Crippen LogP contribution in [0.5, 0.6) is 0 Å². The molecular formula is C17H21FN2. The van der Waals surface area contributed by atoms with E-state index in [-0.39, 0.29) is 12.7 Å². The summed E-state index contributed by atoms with van der Waals surface area (Å²) in [6, 6.07) is 14.4. The Balaban J connectivity index is 2.02. The number of hydrogen-bond donors (Lipinski definition) is 1. The van der Waals surface area contributed by atoms with Crippen LogP contribution in [0, 0.1) is 0 Å². The fourth-order valence-electron chi connectivity index (χ4n) is 2.30. The molecule has 2 nitrogen and oxygen atoms in total. The maximum absolute atomic E-state index is 12.4. The van der Waals surface area contributed by atoms with Crippen LogP contribution in [0.4, 0.5) is 4.39 Å². The van der Waals surface area contributed by atoms with Crippen molar-refractivity contribution in [3.8, 4) is 0 Å². The van der Waals surface area contributed by atoms with Gasteiger partial charge in [0.2, 0.25) is 0 Å². The van der Waals surface area contributed by atoms with E-state index in [1.54, 1.807) is 6.20 Å². The number of hydrogen-bond acceptors (Lipinski definition) is 2. The van der Waals surface area contributed by atoms with Gasteiger partial charge in [0.05, 0.1) is 12.4 Å². The molecule has 1 N–H and O–H groups in total. The Labute approximate surface area is 120 Å². The second kappa shape index (κ2) is 7.75. The Morgan fingerprint density at radius 1 is 1.20 bits per heavy atom. The first kappa shape index (κ1) is 14.7. The van der Waals surface area contributed by atoms with Gasteiger partial charge in [0, 0.05) is 25.2 Å². The molecule has 0 bridgehead atoms. The van der Waals surface area contributed by atoms with Crippen LogP contribution >= 0.6 is 0 Å². The van der Waals surface area contributed by atoms with E-state index in [4.69, 9.17) is 0 Å². The van der Waals surface area contributed by atoms with Crippen LogP contribution in [0.2, 0.25) is 0 Å². The third-order valence-corrected chi connectivity index (χ3v) is 3.40. The van der Waals surface area contributed by atoms with Gasteiger partial charge in [0.1, 0.15) is 0 Å². The normalized spacial score (nSPS) is 12.3. The fraction of sp³-hybridized carbons (Fsp3) is 0.353. The van der Waals surface area contributed by atoms with E-state index in [1.165, 1.54) is 5.56 Å². The zero-order chi connectivity index (χ0) is 14.2. The summed E-state index contributed by atoms with van der Waals surface area (Å²) in [6.45, 7) is 2.59. The summed E-state index contributed by atoms with van der Waals surface area (Å²) in [5.41, 5.74) is 3.31. The number of benzene rings is 1. The molecule has 0 saturated heterocycles. The van der Waals surface area contributed by atoms with Crippen LogP contribution in [0.15, 0.2) is 48.7 Å². The van der Waals surface area contributed by atoms with Crippen LogP contribution < -0.4 is 5.32 Å². The quantitative estimate of drug-likeness (QED) is 0.828. The third kappa shape index (κ3) is 4.14. The molecule has 0 saturated carbocycles. The van der Waals surface area contributed by atoms with Crippen molar-refractivity contribution in [1.29, 1.82) is 0 Å². The van der Waals surface area contributed by atoms with Crippen molar-refractivity contribution in [2.45, 2.75) is 32.4 Å². The molecule has 106 valence electrons. The Hall–Kier alpha value is -1.74. The number of aryl methyl sites for hydroxylation is 1. The molecule has 1 aromatic heterocycles. The maximum Gasteiger partial charge on any atom is 0.0934 e. The van der Waals surface area contributed by atoms with Gasteiger partial charge in [-0.05, 0) is 29.7 Å². The zero-order valence-electron chi connectivity index (χ0n) is 11.8. The largest absolute Gasteiger partial charge is 0.304 e. The molecule has 1 heterocycles. The van der Waals surface area contributed by atoms with E-state index in [0.29, 0.717) is 6.42 Å². The van der Waals surface area contributed by atoms with Crippen molar-refractivity contribution in [2.75, 3.05) is 6.67 Å². The van der Waals surface area contributed by atoms with Crippen LogP contribution in [-0.4, -0.2) is 11.7 Å². The molecule has 0 amide bonds. The van der Waals surface area contributed by atoms with E-state index in [1.807, 2.05) is 30.3 Å². The highest BCUT2D eigenvalue weighted by Crippen LogP contribution is 2.18. The molecule has 1 unspecified atom stereocenters. The highest BCUT2D eigenvalue weighted by atomic mass is 19.1. The van der Waals surface area contributed by atoms with Gasteiger partial charge < -0.3 is 5.32 Å². The summed E-state index contributed by atoms with van der Waals surface area (Å²) in [5, 5.41) is 3.52. The van der Waals surface area contributed by atoms with Crippen molar-refractivity contribution < 1.29 is 4.39 Å². The molecule has 3 heteroatoms. The first-order chi connectivity index (χ1) is 9.83. The first-order valence-corrected chi connectivity index (χ1v) is 7.11. The Bertz CT molecular complexity index is 513. The molecule has 0 aliphatic rings. The molecule has 1 aromatic carbocycles. The first-order valence-electron chi connectivity index (χ1n) is 7.11. The number of halogens is 1. The zero-order valence-corrected chi connectivity index (χ0v) is 11.8. The maximum atomic E-state index is 12.4. The third-order valence-electron chi connectivity index (χ3n) is 3.40. The number of rotatable bonds is 7. The van der Waals surface area contributed by atoms with Gasteiger partial charge in [-0.15, -0.1) is 0 Å². The van der Waals surface area contributed by atoms with E-state index in [9.17, 15) is 4.39 Å². The molecule has 2 aromatic rings. The van der Waals surface area contributed by atoms with E-state index in [2.05, 4.69) is 29.4 Å². The molecule has 20 heavy (non-hydrogen) atoms. The van der Waals surface area contributed by atoms with Crippen molar-refractivity contribution in [1.82, 2.24) is 10.3 Å². The van der Waals surface area contributed by atoms with Crippen molar-refractivity contribution >= 4 is 0 Å². The number of nitrogens with one attached hydrogen (secondary N) is 1. The summed E-state index contributed by atoms with van der Waals surface area (Å²) < 4.78 is 12.4. The Kier molecular flexibility index (Phi) is 5.69. The molecule has 1 atom stereocenters. The van der Waals surface area contributed by atoms with Gasteiger partial charge in [0.25, 0.3) is 0 Å². The number of alkyl halides is 1. The monoisotopic (exact) mass is 272 g/mol. The predicted molar refractivity (Wildman–Crippen MR) is 80.2 cm³/mol. The number of aromatic nitrogens is 1. The Morgan fingerprint density at radius 2 is 2.10 bits per heavy atom. The lowest BCUT2D eigenvalue weighted by Crippen LogP contribution is -2.21. The van der Waals surface area contributed by atoms with Crippen molar-refractivity contribution in [3.05, 3.63) is 65.5 Å². The minimum Gasteiger partial charge on any atom is -0.304 e. The van der Waals surface area contributed by atoms with Gasteiger partial charge in [0.15, 0.2) is 0 Å². The smallest absolute Gasteiger partial charge is 0.0934 e. The molecule has 0 radical (unpaired) electrons. The highest BCUT2D eigenvalue weighted by molar-refractivity contribution is 5.26. The lowest BCUT2D eigenvalue weighted by molar-refractivity contribution is 0.493. The standard InChI is InChI=1S/C17H21FN2/c1-2-17(20-13-16-8-3-4-11-19-16)15-7-5-6-14(12-15)9-10-18/h3-8,11-12,17,20H,2,9-10,13H2,1H3. The van der Waals surface area contributed by atoms with E-state index < -0.39 is 0 Å². The van der Waals surface area contributed by atoms with Crippen molar-refractivity contribution in [2.24, 2.45) is 0 Å². The molecular weight excluding hydrogens is 251 g/mol. The summed E-state index contributed by atoms with van der Waals surface area (Å²) in [7, 11) is 0. The summed E-state index contributed by atoms with van der Waals surface area (Å²) in [4.78, 5) is 4.31. The van der Waals surface area contributed by atoms with Crippen LogP contribution in [-0.2, 0) is 13.0 Å². The van der Waals surface area contributed by atoms with E-state index in [0.717, 1.165) is 24.2 Å². The number of nitrogens with zero attached hydrogens (tertiary/aromatic N) is 1. The SMILES string of the molecule is CCC(NCc1ccccn1)c1cccc(CCF)c1. The minimum atomic E-state index is -0.304. The second-order valence-electron chi connectivity index (χ2n) is 4.85. The van der Waals surface area contributed by atoms with Gasteiger partial charge >= 0.3 is 0 Å². The Morgan fingerprint density at radius 3 is 2.80 bits per heavy atom. The molecule has 0 aliphatic carbocycles. The lowest BCUT2D eigenvalue weighted by Gasteiger charge is -2.18. The molecule has 0 fully saturated rings.